The molecule has 2 amide bonds. The monoisotopic (exact) mass is 583 g/mol. The van der Waals surface area contributed by atoms with E-state index in [4.69, 9.17) is 10.00 Å². The number of piperidine rings is 2. The Morgan fingerprint density at radius 3 is 2.37 bits per heavy atom. The fourth-order valence-electron chi connectivity index (χ4n) is 5.79. The molecule has 0 unspecified atom stereocenters. The fourth-order valence-corrected chi connectivity index (χ4v) is 5.79. The number of carbonyl (C=O) groups is 3. The smallest absolute Gasteiger partial charge is 0.272 e. The minimum absolute atomic E-state index is 0.0597. The van der Waals surface area contributed by atoms with Gasteiger partial charge in [-0.2, -0.15) is 5.26 Å². The molecule has 5 rings (SSSR count). The fraction of sp³-hybridized carbons (Fsp3) is 0.364. The van der Waals surface area contributed by atoms with Crippen molar-refractivity contribution < 1.29 is 23.5 Å². The first-order chi connectivity index (χ1) is 20.8. The molecule has 2 atom stereocenters. The van der Waals surface area contributed by atoms with E-state index in [1.54, 1.807) is 60.5 Å². The standard InChI is InChI=1S/C33H34FN5O4/c1-43-27-9-6-24(7-10-27)30(40)25-12-16-39(17-13-25)32(42)28-11-8-26(20-37-28)31(41)38-33(14-15-36-21-29(33)34)18-22-2-4-23(19-35)5-3-22/h2-11,20,25,29,36H,12-18,21H2,1H3,(H,38,41)/t29-,33+/m1/s1. The average Bonchev–Trinajstić information content (AvgIpc) is 3.06. The summed E-state index contributed by atoms with van der Waals surface area (Å²) in [5, 5.41) is 15.0. The number of benzene rings is 2. The third-order valence-electron chi connectivity index (χ3n) is 8.41. The zero-order valence-corrected chi connectivity index (χ0v) is 24.0. The molecule has 1 aromatic heterocycles. The molecule has 222 valence electrons. The van der Waals surface area contributed by atoms with Crippen molar-refractivity contribution in [3.8, 4) is 11.8 Å². The molecule has 2 aliphatic heterocycles. The number of rotatable bonds is 8. The van der Waals surface area contributed by atoms with Gasteiger partial charge in [-0.3, -0.25) is 19.4 Å². The number of methoxy groups -OCH3 is 1. The van der Waals surface area contributed by atoms with Gasteiger partial charge >= 0.3 is 0 Å². The van der Waals surface area contributed by atoms with E-state index in [0.717, 1.165) is 5.56 Å². The minimum atomic E-state index is -1.32. The Bertz CT molecular complexity index is 1500. The van der Waals surface area contributed by atoms with Crippen molar-refractivity contribution in [1.29, 1.82) is 5.26 Å². The summed E-state index contributed by atoms with van der Waals surface area (Å²) < 4.78 is 20.5. The summed E-state index contributed by atoms with van der Waals surface area (Å²) in [5.41, 5.74) is 1.26. The third kappa shape index (κ3) is 6.73. The van der Waals surface area contributed by atoms with Gasteiger partial charge in [0.2, 0.25) is 0 Å². The first-order valence-corrected chi connectivity index (χ1v) is 14.4. The van der Waals surface area contributed by atoms with Crippen LogP contribution in [0, 0.1) is 17.2 Å². The number of hydrogen-bond donors (Lipinski definition) is 2. The van der Waals surface area contributed by atoms with Gasteiger partial charge in [0, 0.05) is 37.3 Å². The number of amides is 2. The largest absolute Gasteiger partial charge is 0.497 e. The normalized spacial score (nSPS) is 20.6. The number of nitriles is 1. The first kappa shape index (κ1) is 29.9. The summed E-state index contributed by atoms with van der Waals surface area (Å²) in [4.78, 5) is 45.3. The van der Waals surface area contributed by atoms with Gasteiger partial charge in [0.05, 0.1) is 29.8 Å². The van der Waals surface area contributed by atoms with Gasteiger partial charge < -0.3 is 20.3 Å². The maximum atomic E-state index is 15.4. The molecule has 0 bridgehead atoms. The van der Waals surface area contributed by atoms with E-state index in [0.29, 0.717) is 55.8 Å². The summed E-state index contributed by atoms with van der Waals surface area (Å²) >= 11 is 0. The average molecular weight is 584 g/mol. The van der Waals surface area contributed by atoms with Gasteiger partial charge in [0.1, 0.15) is 17.6 Å². The molecule has 43 heavy (non-hydrogen) atoms. The molecule has 2 fully saturated rings. The van der Waals surface area contributed by atoms with Crippen LogP contribution in [-0.4, -0.2) is 72.5 Å². The number of ketones is 1. The molecule has 9 nitrogen and oxygen atoms in total. The molecule has 2 aliphatic rings. The van der Waals surface area contributed by atoms with E-state index in [-0.39, 0.29) is 41.8 Å². The van der Waals surface area contributed by atoms with E-state index in [1.807, 2.05) is 0 Å². The third-order valence-corrected chi connectivity index (χ3v) is 8.41. The van der Waals surface area contributed by atoms with Crippen molar-refractivity contribution >= 4 is 17.6 Å². The van der Waals surface area contributed by atoms with Gasteiger partial charge in [-0.1, -0.05) is 12.1 Å². The highest BCUT2D eigenvalue weighted by Gasteiger charge is 2.43. The van der Waals surface area contributed by atoms with Crippen molar-refractivity contribution in [3.05, 3.63) is 94.8 Å². The lowest BCUT2D eigenvalue weighted by Gasteiger charge is -2.41. The Balaban J connectivity index is 1.20. The Morgan fingerprint density at radius 1 is 1.07 bits per heavy atom. The molecule has 0 spiro atoms. The van der Waals surface area contributed by atoms with Gasteiger partial charge in [0.25, 0.3) is 11.8 Å². The van der Waals surface area contributed by atoms with E-state index >= 15 is 4.39 Å². The number of ether oxygens (including phenoxy) is 1. The predicted octanol–water partition coefficient (Wildman–Crippen LogP) is 3.74. The zero-order chi connectivity index (χ0) is 30.4. The Labute approximate surface area is 250 Å². The van der Waals surface area contributed by atoms with E-state index in [9.17, 15) is 14.4 Å². The summed E-state index contributed by atoms with van der Waals surface area (Å²) in [6.07, 6.45) is 1.78. The van der Waals surface area contributed by atoms with Gasteiger partial charge in [-0.25, -0.2) is 4.39 Å². The van der Waals surface area contributed by atoms with Crippen LogP contribution in [-0.2, 0) is 6.42 Å². The topological polar surface area (TPSA) is 124 Å². The second-order valence-corrected chi connectivity index (χ2v) is 11.1. The summed E-state index contributed by atoms with van der Waals surface area (Å²) in [6.45, 7) is 1.52. The molecule has 3 heterocycles. The van der Waals surface area contributed by atoms with Crippen molar-refractivity contribution in [2.75, 3.05) is 33.3 Å². The molecular weight excluding hydrogens is 549 g/mol. The van der Waals surface area contributed by atoms with Gasteiger partial charge in [-0.05, 0) is 86.3 Å². The Kier molecular flexibility index (Phi) is 9.12. The first-order valence-electron chi connectivity index (χ1n) is 14.4. The highest BCUT2D eigenvalue weighted by Crippen LogP contribution is 2.28. The van der Waals surface area contributed by atoms with Crippen molar-refractivity contribution in [3.63, 3.8) is 0 Å². The lowest BCUT2D eigenvalue weighted by molar-refractivity contribution is 0.0645. The van der Waals surface area contributed by atoms with Crippen LogP contribution < -0.4 is 15.4 Å². The quantitative estimate of drug-likeness (QED) is 0.387. The lowest BCUT2D eigenvalue weighted by Crippen LogP contribution is -2.63. The lowest BCUT2D eigenvalue weighted by atomic mass is 9.80. The number of pyridine rings is 1. The summed E-state index contributed by atoms with van der Waals surface area (Å²) in [6, 6.07) is 19.1. The Hall–Kier alpha value is -4.62. The number of aromatic nitrogens is 1. The number of halogens is 1. The van der Waals surface area contributed by atoms with Crippen molar-refractivity contribution in [1.82, 2.24) is 20.5 Å². The summed E-state index contributed by atoms with van der Waals surface area (Å²) in [7, 11) is 1.58. The van der Waals surface area contributed by atoms with E-state index in [1.165, 1.54) is 18.3 Å². The molecule has 2 aromatic carbocycles. The maximum Gasteiger partial charge on any atom is 0.272 e. The minimum Gasteiger partial charge on any atom is -0.497 e. The second-order valence-electron chi connectivity index (χ2n) is 11.1. The molecular formula is C33H34FN5O4. The number of hydrogen-bond acceptors (Lipinski definition) is 7. The molecule has 0 radical (unpaired) electrons. The number of Topliss-reactive ketones (excluding diaryl/α,β-unsaturated/α-hetero) is 1. The maximum absolute atomic E-state index is 15.4. The molecule has 2 saturated heterocycles. The van der Waals surface area contributed by atoms with Crippen LogP contribution in [0.2, 0.25) is 0 Å². The van der Waals surface area contributed by atoms with Crippen LogP contribution >= 0.6 is 0 Å². The molecule has 3 aromatic rings. The number of carbonyl (C=O) groups excluding carboxylic acids is 3. The SMILES string of the molecule is COc1ccc(C(=O)C2CCN(C(=O)c3ccc(C(=O)N[C@]4(Cc5ccc(C#N)cc5)CCNC[C@H]4F)cn3)CC2)cc1. The molecule has 2 N–H and O–H groups in total. The van der Waals surface area contributed by atoms with E-state index in [2.05, 4.69) is 21.7 Å². The van der Waals surface area contributed by atoms with Crippen molar-refractivity contribution in [2.24, 2.45) is 5.92 Å². The number of alkyl halides is 1. The van der Waals surface area contributed by atoms with Crippen LogP contribution in [0.5, 0.6) is 5.75 Å². The molecule has 0 saturated carbocycles. The van der Waals surface area contributed by atoms with Crippen LogP contribution in [0.25, 0.3) is 0 Å². The van der Waals surface area contributed by atoms with Crippen LogP contribution in [0.3, 0.4) is 0 Å². The number of likely N-dealkylation sites (tertiary alicyclic amines) is 1. The molecule has 10 heteroatoms. The Morgan fingerprint density at radius 2 is 1.77 bits per heavy atom. The molecule has 0 aliphatic carbocycles. The van der Waals surface area contributed by atoms with E-state index < -0.39 is 17.6 Å². The van der Waals surface area contributed by atoms with Crippen LogP contribution in [0.1, 0.15) is 61.6 Å². The highest BCUT2D eigenvalue weighted by molar-refractivity contribution is 5.99. The highest BCUT2D eigenvalue weighted by atomic mass is 19.1. The van der Waals surface area contributed by atoms with Gasteiger partial charge in [-0.15, -0.1) is 0 Å². The number of nitrogens with zero attached hydrogens (tertiary/aromatic N) is 3. The van der Waals surface area contributed by atoms with Crippen molar-refractivity contribution in [2.45, 2.75) is 37.4 Å². The predicted molar refractivity (Wildman–Crippen MR) is 158 cm³/mol. The summed E-state index contributed by atoms with van der Waals surface area (Å²) in [5.74, 6) is -0.148. The zero-order valence-electron chi connectivity index (χ0n) is 24.0. The van der Waals surface area contributed by atoms with Crippen LogP contribution in [0.4, 0.5) is 4.39 Å². The van der Waals surface area contributed by atoms with Gasteiger partial charge in [0.15, 0.2) is 5.78 Å². The number of nitrogens with one attached hydrogen (secondary N) is 2. The second kappa shape index (κ2) is 13.1. The van der Waals surface area contributed by atoms with Crippen LogP contribution in [0.15, 0.2) is 66.9 Å².